The van der Waals surface area contributed by atoms with E-state index < -0.39 is 0 Å². The fraction of sp³-hybridized carbons (Fsp3) is 0.222. The van der Waals surface area contributed by atoms with E-state index >= 15 is 0 Å². The van der Waals surface area contributed by atoms with Crippen molar-refractivity contribution in [3.05, 3.63) is 23.7 Å². The van der Waals surface area contributed by atoms with Gasteiger partial charge in [-0.05, 0) is 19.1 Å². The van der Waals surface area contributed by atoms with Gasteiger partial charge in [-0.3, -0.25) is 4.79 Å². The standard InChI is InChI=1S/C9H8N2O3/c1-5-3-4-7(13-5)9-10-8(6(2)12)11-14-9/h3-4H,1-2H3. The first-order valence-electron chi connectivity index (χ1n) is 4.08. The molecule has 0 aliphatic rings. The van der Waals surface area contributed by atoms with Gasteiger partial charge < -0.3 is 8.94 Å². The fourth-order valence-corrected chi connectivity index (χ4v) is 1.02. The average Bonchev–Trinajstić information content (AvgIpc) is 2.70. The van der Waals surface area contributed by atoms with Gasteiger partial charge in [0.25, 0.3) is 5.89 Å². The number of carbonyl (C=O) groups is 1. The second-order valence-electron chi connectivity index (χ2n) is 2.89. The second kappa shape index (κ2) is 3.10. The van der Waals surface area contributed by atoms with Crippen LogP contribution in [0, 0.1) is 6.92 Å². The van der Waals surface area contributed by atoms with Crippen molar-refractivity contribution < 1.29 is 13.7 Å². The van der Waals surface area contributed by atoms with Crippen LogP contribution >= 0.6 is 0 Å². The molecule has 0 N–H and O–H groups in total. The molecule has 0 atom stereocenters. The molecule has 0 aliphatic carbocycles. The van der Waals surface area contributed by atoms with Crippen LogP contribution in [0.2, 0.25) is 0 Å². The minimum Gasteiger partial charge on any atom is -0.456 e. The minimum atomic E-state index is -0.233. The van der Waals surface area contributed by atoms with Crippen molar-refractivity contribution in [2.75, 3.05) is 0 Å². The maximum atomic E-state index is 10.9. The zero-order valence-corrected chi connectivity index (χ0v) is 7.77. The molecule has 0 spiro atoms. The van der Waals surface area contributed by atoms with Crippen LogP contribution in [0.5, 0.6) is 0 Å². The highest BCUT2D eigenvalue weighted by Gasteiger charge is 2.14. The highest BCUT2D eigenvalue weighted by atomic mass is 16.5. The highest BCUT2D eigenvalue weighted by molar-refractivity contribution is 5.90. The summed E-state index contributed by atoms with van der Waals surface area (Å²) in [6.07, 6.45) is 0. The van der Waals surface area contributed by atoms with Crippen LogP contribution in [0.15, 0.2) is 21.1 Å². The Kier molecular flexibility index (Phi) is 1.92. The van der Waals surface area contributed by atoms with Crippen LogP contribution in [0.25, 0.3) is 11.7 Å². The Labute approximate surface area is 79.7 Å². The van der Waals surface area contributed by atoms with Crippen molar-refractivity contribution in [1.82, 2.24) is 10.1 Å². The van der Waals surface area contributed by atoms with Crippen molar-refractivity contribution in [3.8, 4) is 11.7 Å². The van der Waals surface area contributed by atoms with E-state index in [1.165, 1.54) is 6.92 Å². The molecule has 5 nitrogen and oxygen atoms in total. The third-order valence-electron chi connectivity index (χ3n) is 1.69. The number of aromatic nitrogens is 2. The topological polar surface area (TPSA) is 69.1 Å². The third kappa shape index (κ3) is 1.44. The lowest BCUT2D eigenvalue weighted by atomic mass is 10.4. The quantitative estimate of drug-likeness (QED) is 0.679. The molecule has 2 aromatic rings. The van der Waals surface area contributed by atoms with E-state index in [-0.39, 0.29) is 17.5 Å². The van der Waals surface area contributed by atoms with E-state index in [0.29, 0.717) is 5.76 Å². The SMILES string of the molecule is CC(=O)c1noc(-c2ccc(C)o2)n1. The Bertz CT molecular complexity index is 470. The monoisotopic (exact) mass is 192 g/mol. The first-order valence-corrected chi connectivity index (χ1v) is 4.08. The van der Waals surface area contributed by atoms with Crippen molar-refractivity contribution >= 4 is 5.78 Å². The van der Waals surface area contributed by atoms with Crippen LogP contribution in [0.4, 0.5) is 0 Å². The summed E-state index contributed by atoms with van der Waals surface area (Å²) in [6, 6.07) is 3.50. The predicted molar refractivity (Wildman–Crippen MR) is 46.7 cm³/mol. The lowest BCUT2D eigenvalue weighted by Crippen LogP contribution is -1.93. The Morgan fingerprint density at radius 3 is 2.71 bits per heavy atom. The Morgan fingerprint density at radius 2 is 2.21 bits per heavy atom. The lowest BCUT2D eigenvalue weighted by molar-refractivity contribution is 0.100. The van der Waals surface area contributed by atoms with Crippen LogP contribution in [0.3, 0.4) is 0 Å². The summed E-state index contributed by atoms with van der Waals surface area (Å²) in [5, 5.41) is 3.51. The van der Waals surface area contributed by atoms with Gasteiger partial charge in [0.2, 0.25) is 11.6 Å². The van der Waals surface area contributed by atoms with E-state index in [9.17, 15) is 4.79 Å². The number of nitrogens with zero attached hydrogens (tertiary/aromatic N) is 2. The molecule has 0 aliphatic heterocycles. The zero-order valence-electron chi connectivity index (χ0n) is 7.77. The molecular weight excluding hydrogens is 184 g/mol. The van der Waals surface area contributed by atoms with Gasteiger partial charge in [0.05, 0.1) is 0 Å². The molecule has 0 bridgehead atoms. The third-order valence-corrected chi connectivity index (χ3v) is 1.69. The van der Waals surface area contributed by atoms with E-state index in [1.54, 1.807) is 12.1 Å². The zero-order chi connectivity index (χ0) is 10.1. The molecule has 0 saturated carbocycles. The summed E-state index contributed by atoms with van der Waals surface area (Å²) in [5.41, 5.74) is 0. The normalized spacial score (nSPS) is 10.4. The number of Topliss-reactive ketones (excluding diaryl/α,β-unsaturated/α-hetero) is 1. The summed E-state index contributed by atoms with van der Waals surface area (Å²) in [7, 11) is 0. The fourth-order valence-electron chi connectivity index (χ4n) is 1.02. The van der Waals surface area contributed by atoms with Crippen molar-refractivity contribution in [1.29, 1.82) is 0 Å². The van der Waals surface area contributed by atoms with Crippen LogP contribution in [0.1, 0.15) is 23.3 Å². The van der Waals surface area contributed by atoms with Crippen LogP contribution < -0.4 is 0 Å². The smallest absolute Gasteiger partial charge is 0.294 e. The molecule has 5 heteroatoms. The number of rotatable bonds is 2. The number of ketones is 1. The predicted octanol–water partition coefficient (Wildman–Crippen LogP) is 1.84. The Morgan fingerprint density at radius 1 is 1.43 bits per heavy atom. The Hall–Kier alpha value is -1.91. The van der Waals surface area contributed by atoms with Gasteiger partial charge in [-0.25, -0.2) is 0 Å². The molecule has 72 valence electrons. The molecule has 0 aromatic carbocycles. The maximum Gasteiger partial charge on any atom is 0.294 e. The molecule has 2 aromatic heterocycles. The Balaban J connectivity index is 2.38. The summed E-state index contributed by atoms with van der Waals surface area (Å²) < 4.78 is 10.1. The average molecular weight is 192 g/mol. The molecule has 0 unspecified atom stereocenters. The van der Waals surface area contributed by atoms with E-state index in [2.05, 4.69) is 10.1 Å². The molecule has 0 radical (unpaired) electrons. The van der Waals surface area contributed by atoms with Gasteiger partial charge in [0, 0.05) is 6.92 Å². The molecule has 0 amide bonds. The number of hydrogen-bond acceptors (Lipinski definition) is 5. The maximum absolute atomic E-state index is 10.9. The van der Waals surface area contributed by atoms with Gasteiger partial charge in [-0.15, -0.1) is 0 Å². The van der Waals surface area contributed by atoms with Crippen molar-refractivity contribution in [3.63, 3.8) is 0 Å². The molecule has 2 rings (SSSR count). The highest BCUT2D eigenvalue weighted by Crippen LogP contribution is 2.19. The molecular formula is C9H8N2O3. The number of carbonyl (C=O) groups excluding carboxylic acids is 1. The van der Waals surface area contributed by atoms with Crippen molar-refractivity contribution in [2.45, 2.75) is 13.8 Å². The molecule has 2 heterocycles. The second-order valence-corrected chi connectivity index (χ2v) is 2.89. The molecule has 0 fully saturated rings. The number of furan rings is 1. The van der Waals surface area contributed by atoms with Crippen molar-refractivity contribution in [2.24, 2.45) is 0 Å². The van der Waals surface area contributed by atoms with Crippen LogP contribution in [-0.2, 0) is 0 Å². The van der Waals surface area contributed by atoms with Gasteiger partial charge in [-0.1, -0.05) is 5.16 Å². The van der Waals surface area contributed by atoms with Crippen LogP contribution in [-0.4, -0.2) is 15.9 Å². The van der Waals surface area contributed by atoms with E-state index in [4.69, 9.17) is 8.94 Å². The van der Waals surface area contributed by atoms with E-state index in [1.807, 2.05) is 6.92 Å². The number of aryl methyl sites for hydroxylation is 1. The van der Waals surface area contributed by atoms with Gasteiger partial charge >= 0.3 is 0 Å². The molecule has 0 saturated heterocycles. The summed E-state index contributed by atoms with van der Waals surface area (Å²) in [4.78, 5) is 14.8. The minimum absolute atomic E-state index is 0.0639. The summed E-state index contributed by atoms with van der Waals surface area (Å²) >= 11 is 0. The van der Waals surface area contributed by atoms with Gasteiger partial charge in [0.1, 0.15) is 5.76 Å². The largest absolute Gasteiger partial charge is 0.456 e. The first kappa shape index (κ1) is 8.68. The summed E-state index contributed by atoms with van der Waals surface area (Å²) in [6.45, 7) is 3.19. The lowest BCUT2D eigenvalue weighted by Gasteiger charge is -1.84. The summed E-state index contributed by atoms with van der Waals surface area (Å²) in [5.74, 6) is 1.28. The first-order chi connectivity index (χ1) is 6.66. The van der Waals surface area contributed by atoms with Gasteiger partial charge in [-0.2, -0.15) is 4.98 Å². The molecule has 14 heavy (non-hydrogen) atoms. The van der Waals surface area contributed by atoms with Gasteiger partial charge in [0.15, 0.2) is 5.76 Å². The number of hydrogen-bond donors (Lipinski definition) is 0. The van der Waals surface area contributed by atoms with E-state index in [0.717, 1.165) is 5.76 Å².